The maximum atomic E-state index is 12.7. The molecule has 0 saturated carbocycles. The van der Waals surface area contributed by atoms with Gasteiger partial charge >= 0.3 is 37.4 Å². The van der Waals surface area contributed by atoms with Gasteiger partial charge in [-0.15, -0.1) is 0 Å². The van der Waals surface area contributed by atoms with Crippen molar-refractivity contribution in [3.05, 3.63) is 95.0 Å². The zero-order valence-electron chi connectivity index (χ0n) is 14.4. The van der Waals surface area contributed by atoms with Crippen molar-refractivity contribution in [3.63, 3.8) is 0 Å². The van der Waals surface area contributed by atoms with Crippen LogP contribution in [-0.2, 0) is 4.57 Å². The van der Waals surface area contributed by atoms with Crippen LogP contribution >= 0.6 is 19.4 Å². The Kier molecular flexibility index (Phi) is 7.68. The molecule has 0 bridgehead atoms. The molecule has 0 saturated heterocycles. The van der Waals surface area contributed by atoms with Crippen LogP contribution in [0.4, 0.5) is 0 Å². The maximum absolute atomic E-state index is 12.7. The summed E-state index contributed by atoms with van der Waals surface area (Å²) < 4.78 is 22.1. The minimum absolute atomic E-state index is 0. The van der Waals surface area contributed by atoms with Gasteiger partial charge in [0.1, 0.15) is 11.5 Å². The van der Waals surface area contributed by atoms with Crippen LogP contribution in [-0.4, -0.2) is 5.78 Å². The van der Waals surface area contributed by atoms with Crippen molar-refractivity contribution in [2.75, 3.05) is 0 Å². The summed E-state index contributed by atoms with van der Waals surface area (Å²) in [4.78, 5) is 24.9. The Labute approximate surface area is 183 Å². The van der Waals surface area contributed by atoms with Crippen LogP contribution in [0.1, 0.15) is 15.9 Å². The van der Waals surface area contributed by atoms with Gasteiger partial charge in [0.2, 0.25) is 0 Å². The van der Waals surface area contributed by atoms with Gasteiger partial charge in [-0.25, -0.2) is 4.57 Å². The van der Waals surface area contributed by atoms with Gasteiger partial charge < -0.3 is 13.9 Å². The number of ketones is 1. The topological polar surface area (TPSA) is 75.7 Å². The molecule has 0 N–H and O–H groups in total. The van der Waals surface area contributed by atoms with Crippen LogP contribution in [0.25, 0.3) is 0 Å². The van der Waals surface area contributed by atoms with Crippen LogP contribution in [0.3, 0.4) is 0 Å². The van der Waals surface area contributed by atoms with Gasteiger partial charge in [-0.3, -0.25) is 4.79 Å². The van der Waals surface area contributed by atoms with Gasteiger partial charge in [-0.05, 0) is 30.3 Å². The van der Waals surface area contributed by atoms with E-state index in [1.807, 2.05) is 0 Å². The smallest absolute Gasteiger partial charge is 0.736 e. The van der Waals surface area contributed by atoms with E-state index in [0.29, 0.717) is 5.56 Å². The van der Waals surface area contributed by atoms with Crippen molar-refractivity contribution in [2.45, 2.75) is 0 Å². The molecule has 5 nitrogen and oxygen atoms in total. The van der Waals surface area contributed by atoms with Crippen LogP contribution < -0.4 is 43.5 Å². The fraction of sp³-hybridized carbons (Fsp3) is 0. The first-order chi connectivity index (χ1) is 12.4. The van der Waals surface area contributed by atoms with E-state index in [-0.39, 0.29) is 51.6 Å². The molecule has 132 valence electrons. The van der Waals surface area contributed by atoms with E-state index in [2.05, 4.69) is 0 Å². The molecule has 1 atom stereocenters. The molecule has 27 heavy (non-hydrogen) atoms. The first-order valence-electron chi connectivity index (χ1n) is 7.59. The van der Waals surface area contributed by atoms with E-state index in [1.165, 1.54) is 30.3 Å². The minimum Gasteiger partial charge on any atom is -0.736 e. The molecular weight excluding hydrogens is 398 g/mol. The van der Waals surface area contributed by atoms with E-state index in [1.54, 1.807) is 48.5 Å². The third-order valence-corrected chi connectivity index (χ3v) is 4.48. The first-order valence-corrected chi connectivity index (χ1v) is 9.43. The number of para-hydroxylation sites is 1. The Bertz CT molecular complexity index is 966. The van der Waals surface area contributed by atoms with Crippen LogP contribution in [0.5, 0.6) is 11.5 Å². The molecule has 0 radical (unpaired) electrons. The van der Waals surface area contributed by atoms with Gasteiger partial charge in [0.05, 0.1) is 5.56 Å². The van der Waals surface area contributed by atoms with E-state index < -0.39 is 13.6 Å². The van der Waals surface area contributed by atoms with Crippen LogP contribution in [0.15, 0.2) is 78.9 Å². The number of hydrogen-bond acceptors (Lipinski definition) is 5. The predicted molar refractivity (Wildman–Crippen MR) is 96.6 cm³/mol. The second-order valence-electron chi connectivity index (χ2n) is 5.28. The molecule has 3 aromatic rings. The quantitative estimate of drug-likeness (QED) is 0.350. The van der Waals surface area contributed by atoms with Gasteiger partial charge in [0.15, 0.2) is 5.78 Å². The van der Waals surface area contributed by atoms with Gasteiger partial charge in [0, 0.05) is 10.6 Å². The van der Waals surface area contributed by atoms with Crippen molar-refractivity contribution >= 4 is 25.2 Å². The zero-order chi connectivity index (χ0) is 18.6. The molecule has 0 aromatic heterocycles. The standard InChI is InChI=1S/C19H14ClO5P.Na/c20-15-11-12-18(17(13-15)19(21)14-7-3-1-4-8-14)25-26(22,23)24-16-9-5-2-6-10-16;/h1-13H,(H,22,23);/q;+1/p-1. The Morgan fingerprint density at radius 2 is 1.48 bits per heavy atom. The van der Waals surface area contributed by atoms with Crippen molar-refractivity contribution in [3.8, 4) is 11.5 Å². The van der Waals surface area contributed by atoms with E-state index >= 15 is 0 Å². The largest absolute Gasteiger partial charge is 1.00 e. The summed E-state index contributed by atoms with van der Waals surface area (Å²) >= 11 is 5.96. The third kappa shape index (κ3) is 5.94. The number of carbonyl (C=O) groups excluding carboxylic acids is 1. The summed E-state index contributed by atoms with van der Waals surface area (Å²) in [6.07, 6.45) is 0. The molecule has 0 aliphatic carbocycles. The summed E-state index contributed by atoms with van der Waals surface area (Å²) in [5.41, 5.74) is 0.403. The molecule has 0 aliphatic heterocycles. The predicted octanol–water partition coefficient (Wildman–Crippen LogP) is 1.50. The van der Waals surface area contributed by atoms with Gasteiger partial charge in [-0.2, -0.15) is 0 Å². The van der Waals surface area contributed by atoms with Crippen LogP contribution in [0, 0.1) is 0 Å². The fourth-order valence-corrected chi connectivity index (χ4v) is 3.24. The summed E-state index contributed by atoms with van der Waals surface area (Å²) in [6.45, 7) is 0. The molecule has 8 heteroatoms. The Morgan fingerprint density at radius 3 is 2.11 bits per heavy atom. The molecule has 0 fully saturated rings. The maximum Gasteiger partial charge on any atom is 1.00 e. The van der Waals surface area contributed by atoms with Crippen molar-refractivity contribution in [2.24, 2.45) is 0 Å². The minimum atomic E-state index is -4.75. The Balaban J connectivity index is 0.00000261. The summed E-state index contributed by atoms with van der Waals surface area (Å²) in [6, 6.07) is 20.4. The zero-order valence-corrected chi connectivity index (χ0v) is 18.0. The average molecular weight is 411 g/mol. The summed E-state index contributed by atoms with van der Waals surface area (Å²) in [5.74, 6) is -0.462. The molecule has 3 aromatic carbocycles. The van der Waals surface area contributed by atoms with Crippen molar-refractivity contribution in [1.29, 1.82) is 0 Å². The van der Waals surface area contributed by atoms with E-state index in [9.17, 15) is 14.3 Å². The number of phosphoric ester groups is 1. The van der Waals surface area contributed by atoms with Gasteiger partial charge in [0.25, 0.3) is 0 Å². The van der Waals surface area contributed by atoms with Crippen molar-refractivity contribution in [1.82, 2.24) is 0 Å². The Hall–Kier alpha value is -1.59. The van der Waals surface area contributed by atoms with Gasteiger partial charge in [-0.1, -0.05) is 60.1 Å². The second kappa shape index (κ2) is 9.56. The monoisotopic (exact) mass is 410 g/mol. The molecule has 1 unspecified atom stereocenters. The van der Waals surface area contributed by atoms with Crippen LogP contribution in [0.2, 0.25) is 5.02 Å². The molecular formula is C19H13ClNaO5P. The number of halogens is 1. The SMILES string of the molecule is O=C(c1ccccc1)c1cc(Cl)ccc1OP(=O)([O-])Oc1ccccc1.[Na+]. The van der Waals surface area contributed by atoms with Crippen molar-refractivity contribution < 1.29 is 52.9 Å². The van der Waals surface area contributed by atoms with E-state index in [4.69, 9.17) is 20.6 Å². The molecule has 3 rings (SSSR count). The number of benzene rings is 3. The molecule has 0 spiro atoms. The first kappa shape index (κ1) is 21.7. The second-order valence-corrected chi connectivity index (χ2v) is 6.97. The Morgan fingerprint density at radius 1 is 0.889 bits per heavy atom. The molecule has 0 heterocycles. The molecule has 0 amide bonds. The number of phosphoric acid groups is 1. The normalized spacial score (nSPS) is 12.4. The third-order valence-electron chi connectivity index (χ3n) is 3.39. The van der Waals surface area contributed by atoms with E-state index in [0.717, 1.165) is 0 Å². The number of carbonyl (C=O) groups is 1. The summed E-state index contributed by atoms with van der Waals surface area (Å²) in [5, 5.41) is 0.279. The number of rotatable bonds is 6. The fourth-order valence-electron chi connectivity index (χ4n) is 2.25. The average Bonchev–Trinajstić information content (AvgIpc) is 2.63. The number of hydrogen-bond donors (Lipinski definition) is 0. The summed E-state index contributed by atoms with van der Waals surface area (Å²) in [7, 11) is -4.75. The molecule has 0 aliphatic rings.